The fourth-order valence-electron chi connectivity index (χ4n) is 3.01. The predicted octanol–water partition coefficient (Wildman–Crippen LogP) is 4.05. The van der Waals surface area contributed by atoms with Gasteiger partial charge >= 0.3 is 0 Å². The average Bonchev–Trinajstić information content (AvgIpc) is 3.25. The first-order valence-corrected chi connectivity index (χ1v) is 8.77. The minimum atomic E-state index is -0.964. The molecular formula is C17H16N4O3S. The zero-order valence-corrected chi connectivity index (χ0v) is 14.4. The Balaban J connectivity index is 1.81. The minimum Gasteiger partial charge on any atom is -0.301 e. The van der Waals surface area contributed by atoms with Crippen molar-refractivity contribution in [3.8, 4) is 17.3 Å². The molecule has 0 unspecified atom stereocenters. The summed E-state index contributed by atoms with van der Waals surface area (Å²) in [6, 6.07) is 7.06. The Morgan fingerprint density at radius 2 is 2.16 bits per heavy atom. The van der Waals surface area contributed by atoms with Gasteiger partial charge in [0.1, 0.15) is 5.41 Å². The second-order valence-electron chi connectivity index (χ2n) is 6.15. The van der Waals surface area contributed by atoms with E-state index in [2.05, 4.69) is 16.4 Å². The first-order chi connectivity index (χ1) is 11.9. The number of carbonyl (C=O) groups excluding carboxylic acids is 1. The van der Waals surface area contributed by atoms with Gasteiger partial charge in [0.2, 0.25) is 5.91 Å². The molecule has 25 heavy (non-hydrogen) atoms. The quantitative estimate of drug-likeness (QED) is 0.656. The fraction of sp³-hybridized carbons (Fsp3) is 0.353. The summed E-state index contributed by atoms with van der Waals surface area (Å²) in [6.45, 7) is 1.68. The number of hydrogen-bond donors (Lipinski definition) is 1. The van der Waals surface area contributed by atoms with Crippen molar-refractivity contribution < 1.29 is 9.72 Å². The molecule has 0 spiro atoms. The highest BCUT2D eigenvalue weighted by molar-refractivity contribution is 7.14. The van der Waals surface area contributed by atoms with E-state index in [4.69, 9.17) is 0 Å². The van der Waals surface area contributed by atoms with Gasteiger partial charge in [-0.05, 0) is 19.8 Å². The van der Waals surface area contributed by atoms with E-state index < -0.39 is 10.3 Å². The summed E-state index contributed by atoms with van der Waals surface area (Å²) in [7, 11) is 0. The van der Waals surface area contributed by atoms with Gasteiger partial charge in [-0.15, -0.1) is 11.3 Å². The van der Waals surface area contributed by atoms with Gasteiger partial charge in [0.05, 0.1) is 16.7 Å². The summed E-state index contributed by atoms with van der Waals surface area (Å²) in [4.78, 5) is 27.4. The van der Waals surface area contributed by atoms with E-state index in [0.717, 1.165) is 12.8 Å². The first kappa shape index (κ1) is 17.0. The van der Waals surface area contributed by atoms with Gasteiger partial charge < -0.3 is 5.32 Å². The van der Waals surface area contributed by atoms with Crippen LogP contribution in [0.3, 0.4) is 0 Å². The molecule has 3 rings (SSSR count). The highest BCUT2D eigenvalue weighted by atomic mass is 32.1. The monoisotopic (exact) mass is 356 g/mol. The third kappa shape index (κ3) is 3.23. The number of nitrogens with one attached hydrogen (secondary N) is 1. The summed E-state index contributed by atoms with van der Waals surface area (Å²) in [5.41, 5.74) is 0.819. The summed E-state index contributed by atoms with van der Waals surface area (Å²) < 4.78 is 0. The minimum absolute atomic E-state index is 0.0328. The van der Waals surface area contributed by atoms with Crippen molar-refractivity contribution in [1.29, 1.82) is 5.26 Å². The van der Waals surface area contributed by atoms with Crippen LogP contribution in [0, 0.1) is 33.8 Å². The number of nitro benzene ring substituents is 1. The standard InChI is InChI=1S/C17H16N4O3S/c1-11-4-5-12(8-14(11)21(23)24)13-9-25-16(19-13)20-15(22)17(10-18)6-2-3-7-17/h4-5,8-9H,2-3,6-7H2,1H3,(H,19,20,22). The molecular weight excluding hydrogens is 340 g/mol. The molecule has 1 heterocycles. The van der Waals surface area contributed by atoms with Crippen LogP contribution in [0.5, 0.6) is 0 Å². The van der Waals surface area contributed by atoms with E-state index >= 15 is 0 Å². The van der Waals surface area contributed by atoms with E-state index in [-0.39, 0.29) is 11.6 Å². The Hall–Kier alpha value is -2.79. The number of aromatic nitrogens is 1. The smallest absolute Gasteiger partial charge is 0.272 e. The largest absolute Gasteiger partial charge is 0.301 e. The molecule has 0 aliphatic heterocycles. The molecule has 1 saturated carbocycles. The lowest BCUT2D eigenvalue weighted by atomic mass is 9.87. The van der Waals surface area contributed by atoms with Crippen LogP contribution in [-0.4, -0.2) is 15.8 Å². The van der Waals surface area contributed by atoms with Gasteiger partial charge in [-0.25, -0.2) is 4.98 Å². The lowest BCUT2D eigenvalue weighted by Gasteiger charge is -2.17. The maximum Gasteiger partial charge on any atom is 0.272 e. The van der Waals surface area contributed by atoms with Crippen LogP contribution in [-0.2, 0) is 4.79 Å². The van der Waals surface area contributed by atoms with Gasteiger partial charge in [0.25, 0.3) is 5.69 Å². The lowest BCUT2D eigenvalue weighted by molar-refractivity contribution is -0.385. The molecule has 1 aromatic carbocycles. The zero-order valence-electron chi connectivity index (χ0n) is 13.6. The Labute approximate surface area is 148 Å². The number of nitrogens with zero attached hydrogens (tertiary/aromatic N) is 3. The number of rotatable bonds is 4. The number of anilines is 1. The Bertz CT molecular complexity index is 878. The third-order valence-electron chi connectivity index (χ3n) is 4.53. The molecule has 1 N–H and O–H groups in total. The van der Waals surface area contributed by atoms with Gasteiger partial charge in [0, 0.05) is 22.6 Å². The van der Waals surface area contributed by atoms with Gasteiger partial charge in [-0.3, -0.25) is 14.9 Å². The molecule has 0 saturated heterocycles. The lowest BCUT2D eigenvalue weighted by Crippen LogP contribution is -2.32. The number of carbonyl (C=O) groups is 1. The van der Waals surface area contributed by atoms with E-state index in [1.54, 1.807) is 24.4 Å². The van der Waals surface area contributed by atoms with Crippen molar-refractivity contribution in [3.05, 3.63) is 39.3 Å². The average molecular weight is 356 g/mol. The fourth-order valence-corrected chi connectivity index (χ4v) is 3.73. The number of aryl methyl sites for hydroxylation is 1. The second kappa shape index (κ2) is 6.61. The van der Waals surface area contributed by atoms with E-state index in [9.17, 15) is 20.2 Å². The maximum absolute atomic E-state index is 12.4. The van der Waals surface area contributed by atoms with Crippen molar-refractivity contribution in [2.45, 2.75) is 32.6 Å². The van der Waals surface area contributed by atoms with Crippen LogP contribution in [0.2, 0.25) is 0 Å². The summed E-state index contributed by atoms with van der Waals surface area (Å²) >= 11 is 1.24. The van der Waals surface area contributed by atoms with Crippen molar-refractivity contribution in [2.75, 3.05) is 5.32 Å². The Morgan fingerprint density at radius 3 is 2.80 bits per heavy atom. The third-order valence-corrected chi connectivity index (χ3v) is 5.29. The number of nitro groups is 1. The van der Waals surface area contributed by atoms with Crippen molar-refractivity contribution >= 4 is 28.1 Å². The highest BCUT2D eigenvalue weighted by Crippen LogP contribution is 2.39. The van der Waals surface area contributed by atoms with Gasteiger partial charge in [-0.2, -0.15) is 5.26 Å². The van der Waals surface area contributed by atoms with Crippen LogP contribution in [0.1, 0.15) is 31.2 Å². The zero-order chi connectivity index (χ0) is 18.0. The molecule has 1 fully saturated rings. The predicted molar refractivity (Wildman–Crippen MR) is 94.1 cm³/mol. The molecule has 1 aliphatic carbocycles. The van der Waals surface area contributed by atoms with Crippen molar-refractivity contribution in [1.82, 2.24) is 4.98 Å². The van der Waals surface area contributed by atoms with Crippen LogP contribution in [0.15, 0.2) is 23.6 Å². The van der Waals surface area contributed by atoms with Crippen LogP contribution < -0.4 is 5.32 Å². The summed E-state index contributed by atoms with van der Waals surface area (Å²) in [5.74, 6) is -0.316. The molecule has 1 aromatic heterocycles. The molecule has 8 heteroatoms. The number of thiazole rings is 1. The highest BCUT2D eigenvalue weighted by Gasteiger charge is 2.41. The van der Waals surface area contributed by atoms with E-state index in [1.807, 2.05) is 0 Å². The normalized spacial score (nSPS) is 15.5. The Morgan fingerprint density at radius 1 is 1.44 bits per heavy atom. The van der Waals surface area contributed by atoms with Crippen molar-refractivity contribution in [2.24, 2.45) is 5.41 Å². The van der Waals surface area contributed by atoms with Crippen molar-refractivity contribution in [3.63, 3.8) is 0 Å². The van der Waals surface area contributed by atoms with Crippen LogP contribution in [0.4, 0.5) is 10.8 Å². The molecule has 0 bridgehead atoms. The molecule has 128 valence electrons. The molecule has 2 aromatic rings. The number of nitriles is 1. The molecule has 0 radical (unpaired) electrons. The summed E-state index contributed by atoms with van der Waals surface area (Å²) in [6.07, 6.45) is 2.88. The summed E-state index contributed by atoms with van der Waals surface area (Å²) in [5, 5.41) is 25.3. The van der Waals surface area contributed by atoms with Gasteiger partial charge in [-0.1, -0.05) is 25.0 Å². The number of benzene rings is 1. The maximum atomic E-state index is 12.4. The number of hydrogen-bond acceptors (Lipinski definition) is 6. The number of amides is 1. The van der Waals surface area contributed by atoms with Crippen LogP contribution in [0.25, 0.3) is 11.3 Å². The van der Waals surface area contributed by atoms with E-state index in [0.29, 0.717) is 34.8 Å². The topological polar surface area (TPSA) is 109 Å². The SMILES string of the molecule is Cc1ccc(-c2csc(NC(=O)C3(C#N)CCCC3)n2)cc1[N+](=O)[O-]. The molecule has 1 amide bonds. The first-order valence-electron chi connectivity index (χ1n) is 7.89. The van der Waals surface area contributed by atoms with Gasteiger partial charge in [0.15, 0.2) is 5.13 Å². The second-order valence-corrected chi connectivity index (χ2v) is 7.01. The molecule has 7 nitrogen and oxygen atoms in total. The molecule has 1 aliphatic rings. The Kier molecular flexibility index (Phi) is 4.51. The molecule has 0 atom stereocenters. The van der Waals surface area contributed by atoms with E-state index in [1.165, 1.54) is 17.4 Å². The van der Waals surface area contributed by atoms with Crippen LogP contribution >= 0.6 is 11.3 Å².